The van der Waals surface area contributed by atoms with Gasteiger partial charge in [-0.2, -0.15) is 10.1 Å². The van der Waals surface area contributed by atoms with Crippen LogP contribution in [0.4, 0.5) is 11.6 Å². The fourth-order valence-electron chi connectivity index (χ4n) is 5.30. The van der Waals surface area contributed by atoms with Gasteiger partial charge in [0.1, 0.15) is 0 Å². The molecule has 3 aromatic rings. The van der Waals surface area contributed by atoms with Crippen LogP contribution in [0.15, 0.2) is 36.7 Å². The number of fused-ring (bicyclic) bond motifs is 1. The molecule has 2 saturated carbocycles. The zero-order chi connectivity index (χ0) is 27.1. The molecule has 1 aromatic carbocycles. The number of nitrogens with one attached hydrogen (secondary N) is 1. The Morgan fingerprint density at radius 3 is 2.16 bits per heavy atom. The molecule has 38 heavy (non-hydrogen) atoms. The van der Waals surface area contributed by atoms with Gasteiger partial charge in [-0.25, -0.2) is 14.6 Å². The van der Waals surface area contributed by atoms with Gasteiger partial charge in [0.05, 0.1) is 23.3 Å². The minimum atomic E-state index is -0.105. The third kappa shape index (κ3) is 7.85. The standard InChI is InChI=1S/C26H34N6O.C5H12/c1-19(33)31(23-14-12-20(13-15-23)16-27-22-8-4-2-5-9-22)26-28-17-21-18-29-32(25(21)30-26)24-10-6-3-7-11-24;1-5(2,3)4/h12-15,17-18,22,24,27H,2-11,16H2,1H3;1-4H3. The molecule has 7 nitrogen and oxygen atoms in total. The number of carbonyl (C=O) groups is 1. The highest BCUT2D eigenvalue weighted by Gasteiger charge is 2.22. The van der Waals surface area contributed by atoms with Crippen molar-refractivity contribution >= 4 is 28.6 Å². The summed E-state index contributed by atoms with van der Waals surface area (Å²) in [7, 11) is 0. The van der Waals surface area contributed by atoms with E-state index in [1.54, 1.807) is 18.0 Å². The van der Waals surface area contributed by atoms with Crippen molar-refractivity contribution in [1.82, 2.24) is 25.1 Å². The molecule has 1 N–H and O–H groups in total. The summed E-state index contributed by atoms with van der Waals surface area (Å²) in [5.74, 6) is 0.298. The fraction of sp³-hybridized carbons (Fsp3) is 0.613. The molecular formula is C31H46N6O. The molecule has 0 saturated heterocycles. The van der Waals surface area contributed by atoms with E-state index < -0.39 is 0 Å². The first kappa shape index (κ1) is 28.2. The third-order valence-corrected chi connectivity index (χ3v) is 7.15. The summed E-state index contributed by atoms with van der Waals surface area (Å²) in [6, 6.07) is 9.16. The molecule has 2 aliphatic carbocycles. The molecular weight excluding hydrogens is 472 g/mol. The lowest BCUT2D eigenvalue weighted by atomic mass is 9.95. The topological polar surface area (TPSA) is 75.9 Å². The highest BCUT2D eigenvalue weighted by molar-refractivity contribution is 5.97. The third-order valence-electron chi connectivity index (χ3n) is 7.15. The molecule has 0 aliphatic heterocycles. The lowest BCUT2D eigenvalue weighted by molar-refractivity contribution is -0.115. The number of hydrogen-bond acceptors (Lipinski definition) is 5. The van der Waals surface area contributed by atoms with E-state index in [1.807, 2.05) is 23.0 Å². The van der Waals surface area contributed by atoms with Crippen molar-refractivity contribution in [3.05, 3.63) is 42.2 Å². The number of hydrogen-bond donors (Lipinski definition) is 1. The van der Waals surface area contributed by atoms with Gasteiger partial charge in [-0.3, -0.25) is 4.79 Å². The van der Waals surface area contributed by atoms with E-state index in [0.717, 1.165) is 36.1 Å². The number of aromatic nitrogens is 4. The first-order valence-electron chi connectivity index (χ1n) is 14.5. The Morgan fingerprint density at radius 1 is 0.947 bits per heavy atom. The summed E-state index contributed by atoms with van der Waals surface area (Å²) in [5.41, 5.74) is 3.32. The molecule has 2 fully saturated rings. The van der Waals surface area contributed by atoms with Crippen LogP contribution in [0.1, 0.15) is 110 Å². The molecule has 5 rings (SSSR count). The Morgan fingerprint density at radius 2 is 1.55 bits per heavy atom. The van der Waals surface area contributed by atoms with Crippen molar-refractivity contribution in [2.45, 2.75) is 117 Å². The highest BCUT2D eigenvalue weighted by Crippen LogP contribution is 2.31. The van der Waals surface area contributed by atoms with E-state index in [-0.39, 0.29) is 5.91 Å². The lowest BCUT2D eigenvalue weighted by Gasteiger charge is -2.24. The van der Waals surface area contributed by atoms with Crippen LogP contribution < -0.4 is 10.2 Å². The van der Waals surface area contributed by atoms with Crippen LogP contribution >= 0.6 is 0 Å². The quantitative estimate of drug-likeness (QED) is 0.366. The molecule has 0 atom stereocenters. The van der Waals surface area contributed by atoms with Crippen molar-refractivity contribution in [1.29, 1.82) is 0 Å². The van der Waals surface area contributed by atoms with E-state index in [2.05, 4.69) is 55.2 Å². The van der Waals surface area contributed by atoms with Crippen LogP contribution in [0.25, 0.3) is 11.0 Å². The summed E-state index contributed by atoms with van der Waals surface area (Å²) in [6.07, 6.45) is 16.2. The van der Waals surface area contributed by atoms with Crippen molar-refractivity contribution in [2.75, 3.05) is 4.90 Å². The maximum absolute atomic E-state index is 12.6. The molecule has 2 aliphatic rings. The van der Waals surface area contributed by atoms with Crippen LogP contribution in [0, 0.1) is 5.41 Å². The molecule has 2 aromatic heterocycles. The first-order valence-corrected chi connectivity index (χ1v) is 14.5. The van der Waals surface area contributed by atoms with Crippen molar-refractivity contribution < 1.29 is 4.79 Å². The number of rotatable bonds is 6. The van der Waals surface area contributed by atoms with Gasteiger partial charge in [-0.05, 0) is 48.8 Å². The molecule has 0 bridgehead atoms. The van der Waals surface area contributed by atoms with E-state index in [1.165, 1.54) is 56.9 Å². The molecule has 0 unspecified atom stereocenters. The van der Waals surface area contributed by atoms with Gasteiger partial charge in [-0.1, -0.05) is 78.4 Å². The zero-order valence-electron chi connectivity index (χ0n) is 24.0. The molecule has 206 valence electrons. The van der Waals surface area contributed by atoms with Crippen LogP contribution in [0.5, 0.6) is 0 Å². The monoisotopic (exact) mass is 518 g/mol. The van der Waals surface area contributed by atoms with Gasteiger partial charge in [0.25, 0.3) is 0 Å². The van der Waals surface area contributed by atoms with E-state index in [9.17, 15) is 4.79 Å². The van der Waals surface area contributed by atoms with Crippen LogP contribution in [-0.2, 0) is 11.3 Å². The second kappa shape index (κ2) is 12.8. The van der Waals surface area contributed by atoms with Crippen LogP contribution in [-0.4, -0.2) is 31.7 Å². The highest BCUT2D eigenvalue weighted by atomic mass is 16.2. The second-order valence-corrected chi connectivity index (χ2v) is 12.6. The van der Waals surface area contributed by atoms with E-state index >= 15 is 0 Å². The number of nitrogens with zero attached hydrogens (tertiary/aromatic N) is 5. The zero-order valence-corrected chi connectivity index (χ0v) is 24.0. The van der Waals surface area contributed by atoms with E-state index in [4.69, 9.17) is 4.98 Å². The molecule has 1 amide bonds. The Bertz CT molecular complexity index is 1160. The molecule has 0 spiro atoms. The second-order valence-electron chi connectivity index (χ2n) is 12.6. The number of amides is 1. The SMILES string of the molecule is CC(=O)N(c1ccc(CNC2CCCCC2)cc1)c1ncc2cnn(C3CCCCC3)c2n1.CC(C)(C)C. The smallest absolute Gasteiger partial charge is 0.238 e. The van der Waals surface area contributed by atoms with Crippen LogP contribution in [0.3, 0.4) is 0 Å². The van der Waals surface area contributed by atoms with Gasteiger partial charge in [0.2, 0.25) is 11.9 Å². The summed E-state index contributed by atoms with van der Waals surface area (Å²) < 4.78 is 2.04. The normalized spacial score (nSPS) is 17.2. The Hall–Kier alpha value is -2.80. The van der Waals surface area contributed by atoms with Crippen molar-refractivity contribution in [3.8, 4) is 0 Å². The predicted molar refractivity (Wildman–Crippen MR) is 156 cm³/mol. The lowest BCUT2D eigenvalue weighted by Crippen LogP contribution is -2.30. The molecule has 0 radical (unpaired) electrons. The number of anilines is 2. The van der Waals surface area contributed by atoms with E-state index in [0.29, 0.717) is 23.4 Å². The number of benzene rings is 1. The van der Waals surface area contributed by atoms with Gasteiger partial charge in [-0.15, -0.1) is 0 Å². The maximum atomic E-state index is 12.6. The Labute approximate surface area is 228 Å². The average Bonchev–Trinajstić information content (AvgIpc) is 3.32. The average molecular weight is 519 g/mol. The first-order chi connectivity index (χ1) is 18.2. The number of carbonyl (C=O) groups excluding carboxylic acids is 1. The van der Waals surface area contributed by atoms with Gasteiger partial charge >= 0.3 is 0 Å². The fourth-order valence-corrected chi connectivity index (χ4v) is 5.30. The minimum absolute atomic E-state index is 0.105. The summed E-state index contributed by atoms with van der Waals surface area (Å²) in [4.78, 5) is 23.5. The van der Waals surface area contributed by atoms with Gasteiger partial charge in [0.15, 0.2) is 5.65 Å². The maximum Gasteiger partial charge on any atom is 0.238 e. The van der Waals surface area contributed by atoms with Gasteiger partial charge < -0.3 is 5.32 Å². The Kier molecular flexibility index (Phi) is 9.53. The summed E-state index contributed by atoms with van der Waals surface area (Å²) >= 11 is 0. The van der Waals surface area contributed by atoms with Crippen molar-refractivity contribution in [3.63, 3.8) is 0 Å². The summed E-state index contributed by atoms with van der Waals surface area (Å²) in [6.45, 7) is 11.2. The molecule has 2 heterocycles. The van der Waals surface area contributed by atoms with Gasteiger partial charge in [0, 0.05) is 25.7 Å². The van der Waals surface area contributed by atoms with Crippen molar-refractivity contribution in [2.24, 2.45) is 5.41 Å². The summed E-state index contributed by atoms with van der Waals surface area (Å²) in [5, 5.41) is 9.21. The Balaban J connectivity index is 0.000000617. The molecule has 7 heteroatoms. The predicted octanol–water partition coefficient (Wildman–Crippen LogP) is 7.49. The largest absolute Gasteiger partial charge is 0.310 e. The minimum Gasteiger partial charge on any atom is -0.310 e. The van der Waals surface area contributed by atoms with Crippen LogP contribution in [0.2, 0.25) is 0 Å².